The summed E-state index contributed by atoms with van der Waals surface area (Å²) in [4.78, 5) is 28.0. The second kappa shape index (κ2) is 6.52. The molecule has 0 unspecified atom stereocenters. The number of rotatable bonds is 4. The SMILES string of the molecule is O=C(O)Cn1c(=O)c(Cc2ccc(Br)cc2F)nc2ccccc21. The van der Waals surface area contributed by atoms with Crippen LogP contribution in [0.3, 0.4) is 0 Å². The summed E-state index contributed by atoms with van der Waals surface area (Å²) in [6.45, 7) is -0.475. The minimum absolute atomic E-state index is 0.0115. The maximum absolute atomic E-state index is 14.0. The van der Waals surface area contributed by atoms with E-state index in [1.54, 1.807) is 36.4 Å². The lowest BCUT2D eigenvalue weighted by Gasteiger charge is -2.11. The van der Waals surface area contributed by atoms with Gasteiger partial charge in [-0.05, 0) is 29.8 Å². The van der Waals surface area contributed by atoms with E-state index >= 15 is 0 Å². The van der Waals surface area contributed by atoms with Gasteiger partial charge in [0.05, 0.1) is 11.0 Å². The van der Waals surface area contributed by atoms with Crippen molar-refractivity contribution in [1.29, 1.82) is 0 Å². The largest absolute Gasteiger partial charge is 0.480 e. The summed E-state index contributed by atoms with van der Waals surface area (Å²) in [7, 11) is 0. The number of carbonyl (C=O) groups is 1. The van der Waals surface area contributed by atoms with Gasteiger partial charge in [-0.1, -0.05) is 34.1 Å². The highest BCUT2D eigenvalue weighted by molar-refractivity contribution is 9.10. The molecule has 0 aliphatic rings. The van der Waals surface area contributed by atoms with Crippen LogP contribution in [0.5, 0.6) is 0 Å². The van der Waals surface area contributed by atoms with Crippen LogP contribution >= 0.6 is 15.9 Å². The number of halogens is 2. The van der Waals surface area contributed by atoms with Crippen molar-refractivity contribution in [3.05, 3.63) is 74.4 Å². The highest BCUT2D eigenvalue weighted by Crippen LogP contribution is 2.18. The normalized spacial score (nSPS) is 10.9. The van der Waals surface area contributed by atoms with Crippen molar-refractivity contribution in [2.24, 2.45) is 0 Å². The van der Waals surface area contributed by atoms with Crippen LogP contribution in [0, 0.1) is 5.82 Å². The smallest absolute Gasteiger partial charge is 0.323 e. The van der Waals surface area contributed by atoms with E-state index in [0.29, 0.717) is 21.1 Å². The van der Waals surface area contributed by atoms with Gasteiger partial charge in [-0.3, -0.25) is 14.2 Å². The first kappa shape index (κ1) is 16.3. The number of benzene rings is 2. The van der Waals surface area contributed by atoms with Gasteiger partial charge in [0.2, 0.25) is 0 Å². The molecule has 0 bridgehead atoms. The molecular formula is C17H12BrFN2O3. The number of carboxylic acid groups (broad SMARTS) is 1. The van der Waals surface area contributed by atoms with Gasteiger partial charge >= 0.3 is 5.97 Å². The van der Waals surface area contributed by atoms with Gasteiger partial charge in [0.1, 0.15) is 18.1 Å². The monoisotopic (exact) mass is 390 g/mol. The zero-order valence-corrected chi connectivity index (χ0v) is 14.0. The predicted octanol–water partition coefficient (Wildman–Crippen LogP) is 2.97. The molecule has 0 saturated carbocycles. The summed E-state index contributed by atoms with van der Waals surface area (Å²) >= 11 is 3.18. The third-order valence-corrected chi connectivity index (χ3v) is 4.08. The number of hydrogen-bond acceptors (Lipinski definition) is 3. The quantitative estimate of drug-likeness (QED) is 0.743. The Balaban J connectivity index is 2.16. The molecule has 0 saturated heterocycles. The highest BCUT2D eigenvalue weighted by atomic mass is 79.9. The molecule has 1 heterocycles. The molecule has 5 nitrogen and oxygen atoms in total. The number of hydrogen-bond donors (Lipinski definition) is 1. The zero-order valence-electron chi connectivity index (χ0n) is 12.4. The molecule has 0 aliphatic carbocycles. The van der Waals surface area contributed by atoms with E-state index in [4.69, 9.17) is 5.11 Å². The van der Waals surface area contributed by atoms with Crippen LogP contribution in [0.1, 0.15) is 11.3 Å². The second-order valence-corrected chi connectivity index (χ2v) is 6.16. The van der Waals surface area contributed by atoms with Gasteiger partial charge in [0.15, 0.2) is 0 Å². The van der Waals surface area contributed by atoms with Gasteiger partial charge in [-0.2, -0.15) is 0 Å². The Hall–Kier alpha value is -2.54. The van der Waals surface area contributed by atoms with Crippen LogP contribution in [-0.4, -0.2) is 20.6 Å². The van der Waals surface area contributed by atoms with Crippen LogP contribution in [-0.2, 0) is 17.8 Å². The Morgan fingerprint density at radius 3 is 2.71 bits per heavy atom. The Morgan fingerprint density at radius 2 is 2.00 bits per heavy atom. The fourth-order valence-corrected chi connectivity index (χ4v) is 2.83. The van der Waals surface area contributed by atoms with Crippen LogP contribution in [0.4, 0.5) is 4.39 Å². The van der Waals surface area contributed by atoms with Gasteiger partial charge < -0.3 is 5.11 Å². The van der Waals surface area contributed by atoms with Crippen molar-refractivity contribution < 1.29 is 14.3 Å². The molecule has 0 amide bonds. The minimum atomic E-state index is -1.13. The molecular weight excluding hydrogens is 379 g/mol. The molecule has 2 aromatic carbocycles. The lowest BCUT2D eigenvalue weighted by molar-refractivity contribution is -0.137. The summed E-state index contributed by atoms with van der Waals surface area (Å²) in [6, 6.07) is 11.3. The summed E-state index contributed by atoms with van der Waals surface area (Å²) in [5.41, 5.74) is 0.824. The fourth-order valence-electron chi connectivity index (χ4n) is 2.50. The van der Waals surface area contributed by atoms with E-state index in [-0.39, 0.29) is 12.1 Å². The fraction of sp³-hybridized carbons (Fsp3) is 0.118. The van der Waals surface area contributed by atoms with Crippen LogP contribution in [0.2, 0.25) is 0 Å². The van der Waals surface area contributed by atoms with E-state index in [0.717, 1.165) is 4.57 Å². The molecule has 0 atom stereocenters. The molecule has 122 valence electrons. The molecule has 24 heavy (non-hydrogen) atoms. The van der Waals surface area contributed by atoms with Gasteiger partial charge in [0.25, 0.3) is 5.56 Å². The molecule has 1 N–H and O–H groups in total. The minimum Gasteiger partial charge on any atom is -0.480 e. The van der Waals surface area contributed by atoms with E-state index < -0.39 is 23.9 Å². The van der Waals surface area contributed by atoms with Crippen LogP contribution < -0.4 is 5.56 Å². The first-order valence-corrected chi connectivity index (χ1v) is 7.89. The van der Waals surface area contributed by atoms with Crippen molar-refractivity contribution in [3.8, 4) is 0 Å². The van der Waals surface area contributed by atoms with E-state index in [2.05, 4.69) is 20.9 Å². The average Bonchev–Trinajstić information content (AvgIpc) is 2.53. The van der Waals surface area contributed by atoms with Crippen molar-refractivity contribution in [2.45, 2.75) is 13.0 Å². The summed E-state index contributed by atoms with van der Waals surface area (Å²) in [5, 5.41) is 9.06. The Bertz CT molecular complexity index is 1000. The lowest BCUT2D eigenvalue weighted by Crippen LogP contribution is -2.29. The Morgan fingerprint density at radius 1 is 1.25 bits per heavy atom. The molecule has 0 fully saturated rings. The molecule has 0 spiro atoms. The first-order valence-electron chi connectivity index (χ1n) is 7.10. The second-order valence-electron chi connectivity index (χ2n) is 5.24. The number of para-hydroxylation sites is 2. The first-order chi connectivity index (χ1) is 11.5. The van der Waals surface area contributed by atoms with Crippen molar-refractivity contribution >= 4 is 32.9 Å². The zero-order chi connectivity index (χ0) is 17.3. The molecule has 1 aromatic heterocycles. The van der Waals surface area contributed by atoms with Gasteiger partial charge in [0, 0.05) is 10.9 Å². The third-order valence-electron chi connectivity index (χ3n) is 3.59. The van der Waals surface area contributed by atoms with Crippen molar-refractivity contribution in [1.82, 2.24) is 9.55 Å². The topological polar surface area (TPSA) is 72.2 Å². The average molecular weight is 391 g/mol. The number of aliphatic carboxylic acids is 1. The summed E-state index contributed by atoms with van der Waals surface area (Å²) in [6.07, 6.45) is -0.0115. The standard InChI is InChI=1S/C17H12BrFN2O3/c18-11-6-5-10(12(19)8-11)7-14-17(24)21(9-16(22)23)15-4-2-1-3-13(15)20-14/h1-6,8H,7,9H2,(H,22,23). The van der Waals surface area contributed by atoms with Crippen LogP contribution in [0.15, 0.2) is 51.7 Å². The highest BCUT2D eigenvalue weighted by Gasteiger charge is 2.15. The van der Waals surface area contributed by atoms with Gasteiger partial charge in [-0.15, -0.1) is 0 Å². The maximum atomic E-state index is 14.0. The maximum Gasteiger partial charge on any atom is 0.323 e. The predicted molar refractivity (Wildman–Crippen MR) is 90.5 cm³/mol. The van der Waals surface area contributed by atoms with Gasteiger partial charge in [-0.25, -0.2) is 9.37 Å². The molecule has 3 rings (SSSR count). The Kier molecular flexibility index (Phi) is 4.44. The number of nitrogens with zero attached hydrogens (tertiary/aromatic N) is 2. The van der Waals surface area contributed by atoms with Crippen molar-refractivity contribution in [2.75, 3.05) is 0 Å². The van der Waals surface area contributed by atoms with Crippen LogP contribution in [0.25, 0.3) is 11.0 Å². The van der Waals surface area contributed by atoms with Crippen molar-refractivity contribution in [3.63, 3.8) is 0 Å². The molecule has 0 aliphatic heterocycles. The lowest BCUT2D eigenvalue weighted by atomic mass is 10.1. The Labute approximate surface area is 144 Å². The number of fused-ring (bicyclic) bond motifs is 1. The summed E-state index contributed by atoms with van der Waals surface area (Å²) < 4.78 is 15.8. The van der Waals surface area contributed by atoms with E-state index in [9.17, 15) is 14.0 Å². The molecule has 0 radical (unpaired) electrons. The number of carboxylic acids is 1. The molecule has 7 heteroatoms. The van der Waals surface area contributed by atoms with E-state index in [1.165, 1.54) is 6.07 Å². The van der Waals surface area contributed by atoms with E-state index in [1.807, 2.05) is 0 Å². The molecule has 3 aromatic rings. The third kappa shape index (κ3) is 3.21. The summed E-state index contributed by atoms with van der Waals surface area (Å²) in [5.74, 6) is -1.59. The number of aromatic nitrogens is 2.